The topological polar surface area (TPSA) is 102 Å². The fourth-order valence-corrected chi connectivity index (χ4v) is 3.10. The summed E-state index contributed by atoms with van der Waals surface area (Å²) in [6.07, 6.45) is 0.565. The fourth-order valence-electron chi connectivity index (χ4n) is 2.58. The molecular weight excluding hydrogens is 397 g/mol. The molecule has 2 rings (SSSR count). The molecule has 29 heavy (non-hydrogen) atoms. The summed E-state index contributed by atoms with van der Waals surface area (Å²) in [5.74, 6) is -0.0359. The number of rotatable bonds is 10. The van der Waals surface area contributed by atoms with Crippen LogP contribution in [-0.4, -0.2) is 52.0 Å². The zero-order valence-corrected chi connectivity index (χ0v) is 17.3. The molecule has 2 aromatic carbocycles. The molecule has 158 valence electrons. The quantitative estimate of drug-likeness (QED) is 0.604. The lowest BCUT2D eigenvalue weighted by molar-refractivity contribution is -0.125. The van der Waals surface area contributed by atoms with Gasteiger partial charge in [-0.2, -0.15) is 0 Å². The van der Waals surface area contributed by atoms with Gasteiger partial charge in [0.15, 0.2) is 0 Å². The molecule has 0 heterocycles. The van der Waals surface area contributed by atoms with E-state index in [1.165, 1.54) is 24.3 Å². The molecule has 3 N–H and O–H groups in total. The molecule has 7 nitrogen and oxygen atoms in total. The van der Waals surface area contributed by atoms with Gasteiger partial charge in [-0.1, -0.05) is 18.2 Å². The first-order valence-corrected chi connectivity index (χ1v) is 10.7. The van der Waals surface area contributed by atoms with Crippen LogP contribution in [0, 0.1) is 5.82 Å². The van der Waals surface area contributed by atoms with Crippen molar-refractivity contribution < 1.29 is 22.3 Å². The molecule has 0 fully saturated rings. The predicted molar refractivity (Wildman–Crippen MR) is 109 cm³/mol. The molecule has 0 spiro atoms. The highest BCUT2D eigenvalue weighted by Crippen LogP contribution is 2.12. The average Bonchev–Trinajstić information content (AvgIpc) is 2.67. The molecule has 0 aliphatic heterocycles. The number of sulfonamides is 1. The van der Waals surface area contributed by atoms with E-state index >= 15 is 0 Å². The van der Waals surface area contributed by atoms with Crippen molar-refractivity contribution in [1.82, 2.24) is 10.2 Å². The first-order valence-electron chi connectivity index (χ1n) is 9.15. The number of carbonyl (C=O) groups is 1. The van der Waals surface area contributed by atoms with Crippen molar-refractivity contribution in [2.24, 2.45) is 5.14 Å². The van der Waals surface area contributed by atoms with Crippen LogP contribution in [-0.2, 0) is 21.2 Å². The summed E-state index contributed by atoms with van der Waals surface area (Å²) in [6, 6.07) is 11.8. The fraction of sp³-hybridized carbons (Fsp3) is 0.350. The highest BCUT2D eigenvalue weighted by molar-refractivity contribution is 7.89. The number of likely N-dealkylation sites (N-methyl/N-ethyl adjacent to an activating group) is 1. The number of nitrogens with zero attached hydrogens (tertiary/aromatic N) is 1. The summed E-state index contributed by atoms with van der Waals surface area (Å²) in [5.41, 5.74) is 0.891. The first-order chi connectivity index (χ1) is 13.7. The molecule has 0 saturated carbocycles. The Balaban J connectivity index is 1.72. The van der Waals surface area contributed by atoms with Gasteiger partial charge in [-0.3, -0.25) is 9.69 Å². The van der Waals surface area contributed by atoms with Crippen molar-refractivity contribution in [2.75, 3.05) is 26.7 Å². The van der Waals surface area contributed by atoms with Gasteiger partial charge in [0.25, 0.3) is 0 Å². The van der Waals surface area contributed by atoms with Gasteiger partial charge >= 0.3 is 0 Å². The Kier molecular flexibility index (Phi) is 8.12. The smallest absolute Gasteiger partial charge is 0.238 e. The number of halogens is 1. The molecule has 9 heteroatoms. The van der Waals surface area contributed by atoms with E-state index in [2.05, 4.69) is 5.32 Å². The van der Waals surface area contributed by atoms with Crippen molar-refractivity contribution in [1.29, 1.82) is 0 Å². The summed E-state index contributed by atoms with van der Waals surface area (Å²) in [6.45, 7) is 3.04. The van der Waals surface area contributed by atoms with E-state index in [1.807, 2.05) is 11.9 Å². The Bertz CT molecular complexity index is 920. The minimum absolute atomic E-state index is 0.0565. The van der Waals surface area contributed by atoms with Gasteiger partial charge in [-0.05, 0) is 50.2 Å². The molecule has 1 amide bonds. The van der Waals surface area contributed by atoms with Crippen LogP contribution in [0.15, 0.2) is 53.4 Å². The van der Waals surface area contributed by atoms with E-state index in [1.54, 1.807) is 31.2 Å². The SMILES string of the molecule is CC(C(=O)NCCc1ccc(S(N)(=O)=O)cc1)N(C)CCOc1cccc(F)c1. The Labute approximate surface area is 170 Å². The van der Waals surface area contributed by atoms with E-state index in [0.29, 0.717) is 31.9 Å². The van der Waals surface area contributed by atoms with Crippen molar-refractivity contribution in [3.05, 3.63) is 59.9 Å². The number of amides is 1. The molecule has 0 aromatic heterocycles. The van der Waals surface area contributed by atoms with Crippen LogP contribution in [0.2, 0.25) is 0 Å². The van der Waals surface area contributed by atoms with Crippen LogP contribution in [0.1, 0.15) is 12.5 Å². The number of carbonyl (C=O) groups excluding carboxylic acids is 1. The van der Waals surface area contributed by atoms with Crippen LogP contribution in [0.25, 0.3) is 0 Å². The molecule has 1 unspecified atom stereocenters. The summed E-state index contributed by atoms with van der Waals surface area (Å²) >= 11 is 0. The second-order valence-corrected chi connectivity index (χ2v) is 8.25. The third-order valence-corrected chi connectivity index (χ3v) is 5.44. The van der Waals surface area contributed by atoms with E-state index in [9.17, 15) is 17.6 Å². The second-order valence-electron chi connectivity index (χ2n) is 6.69. The zero-order valence-electron chi connectivity index (χ0n) is 16.5. The third kappa shape index (κ3) is 7.45. The van der Waals surface area contributed by atoms with Crippen LogP contribution in [0.4, 0.5) is 4.39 Å². The number of ether oxygens (including phenoxy) is 1. The lowest BCUT2D eigenvalue weighted by Gasteiger charge is -2.23. The Hall–Kier alpha value is -2.49. The zero-order chi connectivity index (χ0) is 21.4. The number of hydrogen-bond donors (Lipinski definition) is 2. The largest absolute Gasteiger partial charge is 0.492 e. The van der Waals surface area contributed by atoms with Gasteiger partial charge in [0.05, 0.1) is 10.9 Å². The average molecular weight is 424 g/mol. The summed E-state index contributed by atoms with van der Waals surface area (Å²) < 4.78 is 41.1. The highest BCUT2D eigenvalue weighted by atomic mass is 32.2. The second kappa shape index (κ2) is 10.3. The molecular formula is C20H26FN3O4S. The Morgan fingerprint density at radius 1 is 1.24 bits per heavy atom. The maximum absolute atomic E-state index is 13.1. The van der Waals surface area contributed by atoms with Crippen molar-refractivity contribution in [2.45, 2.75) is 24.3 Å². The van der Waals surface area contributed by atoms with E-state index in [0.717, 1.165) is 5.56 Å². The molecule has 2 aromatic rings. The van der Waals surface area contributed by atoms with Crippen LogP contribution in [0.5, 0.6) is 5.75 Å². The van der Waals surface area contributed by atoms with Gasteiger partial charge < -0.3 is 10.1 Å². The third-order valence-electron chi connectivity index (χ3n) is 4.51. The summed E-state index contributed by atoms with van der Waals surface area (Å²) in [7, 11) is -1.90. The molecule has 0 bridgehead atoms. The molecule has 0 aliphatic rings. The molecule has 0 saturated heterocycles. The Morgan fingerprint density at radius 3 is 2.55 bits per heavy atom. The minimum Gasteiger partial charge on any atom is -0.492 e. The normalized spacial score (nSPS) is 12.6. The lowest BCUT2D eigenvalue weighted by Crippen LogP contribution is -2.45. The highest BCUT2D eigenvalue weighted by Gasteiger charge is 2.17. The maximum Gasteiger partial charge on any atom is 0.238 e. The monoisotopic (exact) mass is 423 g/mol. The van der Waals surface area contributed by atoms with Gasteiger partial charge in [0.1, 0.15) is 18.2 Å². The number of nitrogens with one attached hydrogen (secondary N) is 1. The lowest BCUT2D eigenvalue weighted by atomic mass is 10.1. The summed E-state index contributed by atoms with van der Waals surface area (Å²) in [5, 5.41) is 7.93. The van der Waals surface area contributed by atoms with Crippen molar-refractivity contribution in [3.63, 3.8) is 0 Å². The van der Waals surface area contributed by atoms with E-state index in [4.69, 9.17) is 9.88 Å². The number of benzene rings is 2. The summed E-state index contributed by atoms with van der Waals surface area (Å²) in [4.78, 5) is 14.2. The minimum atomic E-state index is -3.71. The van der Waals surface area contributed by atoms with Crippen LogP contribution >= 0.6 is 0 Å². The first kappa shape index (κ1) is 22.8. The van der Waals surface area contributed by atoms with E-state index < -0.39 is 10.0 Å². The van der Waals surface area contributed by atoms with Crippen LogP contribution in [0.3, 0.4) is 0 Å². The van der Waals surface area contributed by atoms with Gasteiger partial charge in [0, 0.05) is 19.2 Å². The van der Waals surface area contributed by atoms with Crippen LogP contribution < -0.4 is 15.2 Å². The van der Waals surface area contributed by atoms with Crippen molar-refractivity contribution in [3.8, 4) is 5.75 Å². The van der Waals surface area contributed by atoms with E-state index in [-0.39, 0.29) is 22.7 Å². The standard InChI is InChI=1S/C20H26FN3O4S/c1-15(24(2)12-13-28-18-5-3-4-17(21)14-18)20(25)23-11-10-16-6-8-19(9-7-16)29(22,26)27/h3-9,14-15H,10-13H2,1-2H3,(H,23,25)(H2,22,26,27). The number of primary sulfonamides is 1. The number of hydrogen-bond acceptors (Lipinski definition) is 5. The molecule has 0 radical (unpaired) electrons. The predicted octanol–water partition coefficient (Wildman–Crippen LogP) is 1.53. The van der Waals surface area contributed by atoms with Gasteiger partial charge in [0.2, 0.25) is 15.9 Å². The van der Waals surface area contributed by atoms with Crippen molar-refractivity contribution >= 4 is 15.9 Å². The van der Waals surface area contributed by atoms with Gasteiger partial charge in [-0.25, -0.2) is 17.9 Å². The number of nitrogens with two attached hydrogens (primary N) is 1. The molecule has 1 atom stereocenters. The van der Waals surface area contributed by atoms with Gasteiger partial charge in [-0.15, -0.1) is 0 Å². The molecule has 0 aliphatic carbocycles. The maximum atomic E-state index is 13.1. The Morgan fingerprint density at radius 2 is 1.93 bits per heavy atom.